The summed E-state index contributed by atoms with van der Waals surface area (Å²) in [6, 6.07) is 15.8. The molecule has 0 spiro atoms. The Balaban J connectivity index is 2.07. The zero-order valence-corrected chi connectivity index (χ0v) is 13.8. The van der Waals surface area contributed by atoms with Gasteiger partial charge in [0.15, 0.2) is 0 Å². The summed E-state index contributed by atoms with van der Waals surface area (Å²) in [5.41, 5.74) is 2.84. The second kappa shape index (κ2) is 7.38. The van der Waals surface area contributed by atoms with Crippen LogP contribution in [0.5, 0.6) is 0 Å². The van der Waals surface area contributed by atoms with E-state index in [1.807, 2.05) is 37.4 Å². The van der Waals surface area contributed by atoms with E-state index >= 15 is 0 Å². The molecule has 0 atom stereocenters. The average Bonchev–Trinajstić information content (AvgIpc) is 2.49. The quantitative estimate of drug-likeness (QED) is 0.769. The molecule has 0 saturated carbocycles. The lowest BCUT2D eigenvalue weighted by Crippen LogP contribution is -2.19. The smallest absolute Gasteiger partial charge is 0.338 e. The third kappa shape index (κ3) is 4.41. The SMILES string of the molecule is COC(=O)c1ccccc1CN(C)Cc1ccc(Br)cc1. The van der Waals surface area contributed by atoms with Crippen molar-refractivity contribution in [2.24, 2.45) is 0 Å². The molecule has 0 aliphatic rings. The molecule has 3 nitrogen and oxygen atoms in total. The van der Waals surface area contributed by atoms with E-state index in [1.54, 1.807) is 6.07 Å². The Hall–Kier alpha value is -1.65. The van der Waals surface area contributed by atoms with E-state index in [0.717, 1.165) is 16.6 Å². The van der Waals surface area contributed by atoms with Crippen LogP contribution in [-0.4, -0.2) is 25.0 Å². The van der Waals surface area contributed by atoms with Crippen LogP contribution >= 0.6 is 15.9 Å². The van der Waals surface area contributed by atoms with Gasteiger partial charge in [0, 0.05) is 17.6 Å². The summed E-state index contributed by atoms with van der Waals surface area (Å²) < 4.78 is 5.90. The number of hydrogen-bond donors (Lipinski definition) is 0. The van der Waals surface area contributed by atoms with Crippen molar-refractivity contribution in [3.63, 3.8) is 0 Å². The van der Waals surface area contributed by atoms with E-state index in [-0.39, 0.29) is 5.97 Å². The zero-order valence-electron chi connectivity index (χ0n) is 12.2. The molecule has 110 valence electrons. The van der Waals surface area contributed by atoms with E-state index in [9.17, 15) is 4.79 Å². The Morgan fingerprint density at radius 2 is 1.76 bits per heavy atom. The van der Waals surface area contributed by atoms with Crippen molar-refractivity contribution in [3.05, 3.63) is 69.7 Å². The van der Waals surface area contributed by atoms with Gasteiger partial charge >= 0.3 is 5.97 Å². The van der Waals surface area contributed by atoms with Gasteiger partial charge < -0.3 is 4.74 Å². The van der Waals surface area contributed by atoms with Crippen LogP contribution in [0.15, 0.2) is 53.0 Å². The highest BCUT2D eigenvalue weighted by Crippen LogP contribution is 2.15. The van der Waals surface area contributed by atoms with E-state index in [2.05, 4.69) is 33.0 Å². The number of benzene rings is 2. The standard InChI is InChI=1S/C17H18BrNO2/c1-19(11-13-7-9-15(18)10-8-13)12-14-5-3-4-6-16(14)17(20)21-2/h3-10H,11-12H2,1-2H3. The van der Waals surface area contributed by atoms with Gasteiger partial charge in [0.2, 0.25) is 0 Å². The maximum Gasteiger partial charge on any atom is 0.338 e. The fourth-order valence-electron chi connectivity index (χ4n) is 2.22. The molecule has 0 amide bonds. The van der Waals surface area contributed by atoms with Gasteiger partial charge in [0.25, 0.3) is 0 Å². The monoisotopic (exact) mass is 347 g/mol. The number of methoxy groups -OCH3 is 1. The predicted octanol–water partition coefficient (Wildman–Crippen LogP) is 3.87. The Morgan fingerprint density at radius 1 is 1.10 bits per heavy atom. The van der Waals surface area contributed by atoms with Crippen LogP contribution in [0.3, 0.4) is 0 Å². The molecular weight excluding hydrogens is 330 g/mol. The van der Waals surface area contributed by atoms with Crippen molar-refractivity contribution in [2.75, 3.05) is 14.2 Å². The molecule has 0 radical (unpaired) electrons. The molecule has 0 aliphatic carbocycles. The van der Waals surface area contributed by atoms with Gasteiger partial charge in [0.05, 0.1) is 12.7 Å². The molecule has 0 unspecified atom stereocenters. The van der Waals surface area contributed by atoms with E-state index < -0.39 is 0 Å². The first-order chi connectivity index (χ1) is 10.1. The molecular formula is C17H18BrNO2. The summed E-state index contributed by atoms with van der Waals surface area (Å²) >= 11 is 3.43. The number of ether oxygens (including phenoxy) is 1. The molecule has 0 fully saturated rings. The molecule has 0 heterocycles. The van der Waals surface area contributed by atoms with E-state index in [0.29, 0.717) is 12.1 Å². The summed E-state index contributed by atoms with van der Waals surface area (Å²) in [6.07, 6.45) is 0. The van der Waals surface area contributed by atoms with E-state index in [1.165, 1.54) is 12.7 Å². The first kappa shape index (κ1) is 15.7. The second-order valence-corrected chi connectivity index (χ2v) is 5.86. The predicted molar refractivity (Wildman–Crippen MR) is 87.1 cm³/mol. The molecule has 0 N–H and O–H groups in total. The highest BCUT2D eigenvalue weighted by atomic mass is 79.9. The number of hydrogen-bond acceptors (Lipinski definition) is 3. The molecule has 0 bridgehead atoms. The van der Waals surface area contributed by atoms with Crippen LogP contribution in [0.2, 0.25) is 0 Å². The molecule has 0 saturated heterocycles. The molecule has 4 heteroatoms. The lowest BCUT2D eigenvalue weighted by Gasteiger charge is -2.18. The summed E-state index contributed by atoms with van der Waals surface area (Å²) in [7, 11) is 3.45. The molecule has 2 aromatic rings. The van der Waals surface area contributed by atoms with Crippen LogP contribution < -0.4 is 0 Å². The highest BCUT2D eigenvalue weighted by Gasteiger charge is 2.12. The summed E-state index contributed by atoms with van der Waals surface area (Å²) in [5.74, 6) is -0.289. The second-order valence-electron chi connectivity index (χ2n) is 4.95. The minimum absolute atomic E-state index is 0.289. The number of rotatable bonds is 5. The summed E-state index contributed by atoms with van der Waals surface area (Å²) in [5, 5.41) is 0. The lowest BCUT2D eigenvalue weighted by atomic mass is 10.1. The molecule has 21 heavy (non-hydrogen) atoms. The Morgan fingerprint density at radius 3 is 2.43 bits per heavy atom. The van der Waals surface area contributed by atoms with Crippen LogP contribution in [0.25, 0.3) is 0 Å². The minimum atomic E-state index is -0.289. The third-order valence-corrected chi connectivity index (χ3v) is 3.76. The Bertz CT molecular complexity index is 610. The van der Waals surface area contributed by atoms with Gasteiger partial charge in [-0.15, -0.1) is 0 Å². The van der Waals surface area contributed by atoms with Crippen molar-refractivity contribution < 1.29 is 9.53 Å². The number of esters is 1. The summed E-state index contributed by atoms with van der Waals surface area (Å²) in [6.45, 7) is 1.52. The van der Waals surface area contributed by atoms with Crippen molar-refractivity contribution in [2.45, 2.75) is 13.1 Å². The van der Waals surface area contributed by atoms with Crippen LogP contribution in [0.4, 0.5) is 0 Å². The fourth-order valence-corrected chi connectivity index (χ4v) is 2.48. The van der Waals surface area contributed by atoms with Crippen molar-refractivity contribution in [3.8, 4) is 0 Å². The van der Waals surface area contributed by atoms with Gasteiger partial charge in [-0.05, 0) is 36.4 Å². The third-order valence-electron chi connectivity index (χ3n) is 3.23. The lowest BCUT2D eigenvalue weighted by molar-refractivity contribution is 0.0598. The van der Waals surface area contributed by atoms with Gasteiger partial charge in [-0.2, -0.15) is 0 Å². The van der Waals surface area contributed by atoms with Crippen LogP contribution in [0, 0.1) is 0 Å². The van der Waals surface area contributed by atoms with Crippen molar-refractivity contribution in [1.82, 2.24) is 4.90 Å². The zero-order chi connectivity index (χ0) is 15.2. The molecule has 2 rings (SSSR count). The Labute approximate surface area is 133 Å². The summed E-state index contributed by atoms with van der Waals surface area (Å²) in [4.78, 5) is 13.9. The largest absolute Gasteiger partial charge is 0.465 e. The van der Waals surface area contributed by atoms with Gasteiger partial charge in [-0.1, -0.05) is 46.3 Å². The number of halogens is 1. The first-order valence-corrected chi connectivity index (χ1v) is 7.48. The van der Waals surface area contributed by atoms with Crippen molar-refractivity contribution >= 4 is 21.9 Å². The fraction of sp³-hybridized carbons (Fsp3) is 0.235. The maximum absolute atomic E-state index is 11.8. The molecule has 0 aromatic heterocycles. The average molecular weight is 348 g/mol. The van der Waals surface area contributed by atoms with Gasteiger partial charge in [-0.25, -0.2) is 4.79 Å². The van der Waals surface area contributed by atoms with Gasteiger partial charge in [-0.3, -0.25) is 4.90 Å². The molecule has 0 aliphatic heterocycles. The van der Waals surface area contributed by atoms with Crippen LogP contribution in [0.1, 0.15) is 21.5 Å². The van der Waals surface area contributed by atoms with Crippen LogP contribution in [-0.2, 0) is 17.8 Å². The topological polar surface area (TPSA) is 29.5 Å². The molecule has 2 aromatic carbocycles. The minimum Gasteiger partial charge on any atom is -0.465 e. The highest BCUT2D eigenvalue weighted by molar-refractivity contribution is 9.10. The number of nitrogens with zero attached hydrogens (tertiary/aromatic N) is 1. The van der Waals surface area contributed by atoms with E-state index in [4.69, 9.17) is 4.74 Å². The number of carbonyl (C=O) groups is 1. The Kier molecular flexibility index (Phi) is 5.53. The van der Waals surface area contributed by atoms with Crippen molar-refractivity contribution in [1.29, 1.82) is 0 Å². The first-order valence-electron chi connectivity index (χ1n) is 6.69. The normalized spacial score (nSPS) is 10.7. The number of carbonyl (C=O) groups excluding carboxylic acids is 1. The van der Waals surface area contributed by atoms with Gasteiger partial charge in [0.1, 0.15) is 0 Å². The maximum atomic E-state index is 11.8.